The highest BCUT2D eigenvalue weighted by Gasteiger charge is 2.59. The second-order valence-electron chi connectivity index (χ2n) is 11.7. The predicted octanol–water partition coefficient (Wildman–Crippen LogP) is 3.07. The Balaban J connectivity index is 0.000000145. The molecule has 8 nitrogen and oxygen atoms in total. The lowest BCUT2D eigenvalue weighted by molar-refractivity contribution is 0.425. The molecule has 0 amide bonds. The number of anilines is 1. The highest BCUT2D eigenvalue weighted by atomic mass is 19.1. The third kappa shape index (κ3) is 7.93. The van der Waals surface area contributed by atoms with Crippen LogP contribution in [0.15, 0.2) is 85.7 Å². The first-order valence-electron chi connectivity index (χ1n) is 14.8. The van der Waals surface area contributed by atoms with Gasteiger partial charge in [0.1, 0.15) is 23.0 Å². The molecule has 4 aromatic heterocycles. The van der Waals surface area contributed by atoms with Crippen molar-refractivity contribution in [3.8, 4) is 23.7 Å². The Labute approximate surface area is 268 Å². The van der Waals surface area contributed by atoms with E-state index in [1.807, 2.05) is 36.4 Å². The lowest BCUT2D eigenvalue weighted by atomic mass is 9.82. The number of nitrogens with one attached hydrogen (secondary N) is 1. The molecule has 2 aliphatic carbocycles. The van der Waals surface area contributed by atoms with E-state index in [4.69, 9.17) is 10.0 Å². The van der Waals surface area contributed by atoms with Crippen LogP contribution >= 0.6 is 0 Å². The van der Waals surface area contributed by atoms with Gasteiger partial charge in [-0.2, -0.15) is 0 Å². The number of hydrogen-bond acceptors (Lipinski definition) is 8. The summed E-state index contributed by atoms with van der Waals surface area (Å²) in [6, 6.07) is 14.2. The Morgan fingerprint density at radius 3 is 1.98 bits per heavy atom. The van der Waals surface area contributed by atoms with Gasteiger partial charge in [-0.25, -0.2) is 18.7 Å². The molecule has 234 valence electrons. The highest BCUT2D eigenvalue weighted by molar-refractivity contribution is 6.58. The SMILES string of the molecule is C.C(#CC12CNCC1C2)c1ccccn1.Fc1cncc(N2CC3CC3(C#Cc3ccccn3)C2)c1.OB(O)c1cncc(F)c1. The van der Waals surface area contributed by atoms with Crippen molar-refractivity contribution >= 4 is 18.3 Å². The van der Waals surface area contributed by atoms with Crippen LogP contribution < -0.4 is 15.7 Å². The maximum Gasteiger partial charge on any atom is 0.490 e. The topological polar surface area (TPSA) is 107 Å². The molecule has 0 aromatic carbocycles. The monoisotopic (exact) mass is 620 g/mol. The van der Waals surface area contributed by atoms with Gasteiger partial charge in [0.25, 0.3) is 0 Å². The number of halogens is 2. The van der Waals surface area contributed by atoms with E-state index in [-0.39, 0.29) is 24.1 Å². The molecule has 4 aromatic rings. The summed E-state index contributed by atoms with van der Waals surface area (Å²) >= 11 is 0. The Hall–Kier alpha value is -4.68. The van der Waals surface area contributed by atoms with Crippen LogP contribution in [-0.2, 0) is 0 Å². The number of piperidine rings is 2. The van der Waals surface area contributed by atoms with Gasteiger partial charge in [0.15, 0.2) is 0 Å². The first-order valence-corrected chi connectivity index (χ1v) is 14.8. The van der Waals surface area contributed by atoms with Gasteiger partial charge in [0, 0.05) is 55.2 Å². The summed E-state index contributed by atoms with van der Waals surface area (Å²) in [6.07, 6.45) is 11.1. The molecule has 0 spiro atoms. The summed E-state index contributed by atoms with van der Waals surface area (Å²) < 4.78 is 25.5. The quantitative estimate of drug-likeness (QED) is 0.232. The molecular formula is C35H35BF2N6O2. The fourth-order valence-electron chi connectivity index (χ4n) is 5.80. The zero-order valence-corrected chi connectivity index (χ0v) is 24.4. The number of nitrogens with zero attached hydrogens (tertiary/aromatic N) is 5. The Morgan fingerprint density at radius 1 is 0.826 bits per heavy atom. The third-order valence-electron chi connectivity index (χ3n) is 8.50. The zero-order valence-electron chi connectivity index (χ0n) is 24.4. The third-order valence-corrected chi connectivity index (χ3v) is 8.50. The van der Waals surface area contributed by atoms with Crippen molar-refractivity contribution in [2.45, 2.75) is 20.3 Å². The minimum absolute atomic E-state index is 0. The van der Waals surface area contributed by atoms with Crippen LogP contribution in [0.2, 0.25) is 0 Å². The molecule has 46 heavy (non-hydrogen) atoms. The van der Waals surface area contributed by atoms with E-state index in [2.05, 4.69) is 53.8 Å². The van der Waals surface area contributed by atoms with E-state index in [1.165, 1.54) is 24.9 Å². The van der Waals surface area contributed by atoms with Gasteiger partial charge in [-0.05, 0) is 73.4 Å². The lowest BCUT2D eigenvalue weighted by Crippen LogP contribution is -2.30. The molecule has 2 aliphatic heterocycles. The molecular weight excluding hydrogens is 585 g/mol. The largest absolute Gasteiger partial charge is 0.490 e. The molecule has 4 atom stereocenters. The smallest absolute Gasteiger partial charge is 0.423 e. The molecule has 3 N–H and O–H groups in total. The van der Waals surface area contributed by atoms with Crippen LogP contribution in [0.25, 0.3) is 0 Å². The normalized spacial score (nSPS) is 24.0. The number of aromatic nitrogens is 4. The molecule has 4 aliphatic rings. The molecule has 2 saturated carbocycles. The number of rotatable bonds is 2. The van der Waals surface area contributed by atoms with Gasteiger partial charge < -0.3 is 20.3 Å². The first-order chi connectivity index (χ1) is 21.8. The maximum absolute atomic E-state index is 13.3. The highest BCUT2D eigenvalue weighted by Crippen LogP contribution is 2.58. The van der Waals surface area contributed by atoms with E-state index in [0.29, 0.717) is 11.3 Å². The summed E-state index contributed by atoms with van der Waals surface area (Å²) in [7, 11) is -1.65. The molecule has 2 saturated heterocycles. The van der Waals surface area contributed by atoms with Crippen LogP contribution in [0, 0.1) is 58.0 Å². The van der Waals surface area contributed by atoms with E-state index < -0.39 is 12.9 Å². The average Bonchev–Trinajstić information content (AvgIpc) is 3.84. The maximum atomic E-state index is 13.3. The van der Waals surface area contributed by atoms with Gasteiger partial charge in [-0.1, -0.05) is 31.4 Å². The van der Waals surface area contributed by atoms with Gasteiger partial charge in [0.2, 0.25) is 0 Å². The van der Waals surface area contributed by atoms with Crippen LogP contribution in [-0.4, -0.2) is 63.3 Å². The van der Waals surface area contributed by atoms with Crippen molar-refractivity contribution in [3.63, 3.8) is 0 Å². The average molecular weight is 621 g/mol. The van der Waals surface area contributed by atoms with Crippen LogP contribution in [0.1, 0.15) is 31.7 Å². The number of pyridine rings is 4. The van der Waals surface area contributed by atoms with Crippen LogP contribution in [0.4, 0.5) is 14.5 Å². The van der Waals surface area contributed by atoms with E-state index >= 15 is 0 Å². The molecule has 4 fully saturated rings. The van der Waals surface area contributed by atoms with Gasteiger partial charge >= 0.3 is 7.12 Å². The van der Waals surface area contributed by atoms with Crippen molar-refractivity contribution < 1.29 is 18.8 Å². The Bertz CT molecular complexity index is 1760. The number of hydrogen-bond donors (Lipinski definition) is 3. The molecule has 4 unspecified atom stereocenters. The molecule has 0 radical (unpaired) electrons. The van der Waals surface area contributed by atoms with E-state index in [1.54, 1.807) is 18.6 Å². The Kier molecular flexibility index (Phi) is 10.1. The minimum atomic E-state index is -1.65. The lowest BCUT2D eigenvalue weighted by Gasteiger charge is -2.20. The molecule has 6 heterocycles. The van der Waals surface area contributed by atoms with E-state index in [9.17, 15) is 8.78 Å². The Morgan fingerprint density at radius 2 is 1.46 bits per heavy atom. The van der Waals surface area contributed by atoms with E-state index in [0.717, 1.165) is 67.9 Å². The van der Waals surface area contributed by atoms with Crippen molar-refractivity contribution in [3.05, 3.63) is 109 Å². The van der Waals surface area contributed by atoms with Gasteiger partial charge in [-0.3, -0.25) is 9.97 Å². The van der Waals surface area contributed by atoms with Crippen LogP contribution in [0.5, 0.6) is 0 Å². The van der Waals surface area contributed by atoms with Crippen molar-refractivity contribution in [2.75, 3.05) is 31.1 Å². The van der Waals surface area contributed by atoms with Crippen molar-refractivity contribution in [2.24, 2.45) is 22.7 Å². The first kappa shape index (κ1) is 32.7. The molecule has 8 rings (SSSR count). The summed E-state index contributed by atoms with van der Waals surface area (Å²) in [6.45, 7) is 4.00. The minimum Gasteiger partial charge on any atom is -0.423 e. The predicted molar refractivity (Wildman–Crippen MR) is 173 cm³/mol. The fraction of sp³-hybridized carbons (Fsp3) is 0.314. The summed E-state index contributed by atoms with van der Waals surface area (Å²) in [5, 5.41) is 20.4. The second-order valence-corrected chi connectivity index (χ2v) is 11.7. The van der Waals surface area contributed by atoms with Crippen molar-refractivity contribution in [1.82, 2.24) is 25.3 Å². The van der Waals surface area contributed by atoms with Gasteiger partial charge in [-0.15, -0.1) is 0 Å². The fourth-order valence-corrected chi connectivity index (χ4v) is 5.80. The second kappa shape index (κ2) is 14.2. The van der Waals surface area contributed by atoms with Crippen LogP contribution in [0.3, 0.4) is 0 Å². The zero-order chi connectivity index (χ0) is 31.3. The summed E-state index contributed by atoms with van der Waals surface area (Å²) in [5.41, 5.74) is 2.96. The summed E-state index contributed by atoms with van der Waals surface area (Å²) in [5.74, 6) is 13.6. The summed E-state index contributed by atoms with van der Waals surface area (Å²) in [4.78, 5) is 17.9. The van der Waals surface area contributed by atoms with Gasteiger partial charge in [0.05, 0.1) is 29.7 Å². The standard InChI is InChI=1S/C17H14FN3.C12H12N2.C5H5BFNO2.CH4/c18-14-7-16(10-19-9-14)21-11-13-8-17(13,12-21)5-4-15-3-1-2-6-20-15;1-2-6-14-11(3-1)4-5-12-7-10(12)8-13-9-12;7-5-1-4(6(9)10)2-8-3-5;/h1-3,6-7,9-10,13H,8,11-12H2;1-3,6,10,13H,7-9H2;1-3,9-10H;1H4. The molecule has 0 bridgehead atoms. The van der Waals surface area contributed by atoms with Crippen molar-refractivity contribution in [1.29, 1.82) is 0 Å². The molecule has 11 heteroatoms. The number of fused-ring (bicyclic) bond motifs is 2.